The summed E-state index contributed by atoms with van der Waals surface area (Å²) in [6.07, 6.45) is 3.14. The first-order chi connectivity index (χ1) is 16.4. The molecule has 0 aliphatic carbocycles. The van der Waals surface area contributed by atoms with Crippen LogP contribution in [0.2, 0.25) is 0 Å². The van der Waals surface area contributed by atoms with Gasteiger partial charge >= 0.3 is 0 Å². The zero-order chi connectivity index (χ0) is 24.2. The molecule has 3 aromatic carbocycles. The van der Waals surface area contributed by atoms with Crippen LogP contribution in [-0.2, 0) is 16.0 Å². The van der Waals surface area contributed by atoms with Gasteiger partial charge < -0.3 is 5.32 Å². The van der Waals surface area contributed by atoms with E-state index in [2.05, 4.69) is 26.1 Å². The molecule has 4 nitrogen and oxygen atoms in total. The number of hydrogen-bond acceptors (Lipinski definition) is 3. The largest absolute Gasteiger partial charge is 0.350 e. The van der Waals surface area contributed by atoms with Crippen LogP contribution < -0.4 is 10.2 Å². The summed E-state index contributed by atoms with van der Waals surface area (Å²) < 4.78 is 13.6. The van der Waals surface area contributed by atoms with Crippen molar-refractivity contribution < 1.29 is 14.0 Å². The minimum atomic E-state index is -0.432. The maximum Gasteiger partial charge on any atom is 0.282 e. The van der Waals surface area contributed by atoms with Gasteiger partial charge in [0.05, 0.1) is 11.3 Å². The number of aryl methyl sites for hydroxylation is 1. The van der Waals surface area contributed by atoms with Crippen molar-refractivity contribution in [3.63, 3.8) is 0 Å². The predicted molar refractivity (Wildman–Crippen MR) is 135 cm³/mol. The number of nitrogens with one attached hydrogen (secondary N) is 1. The number of carbonyl (C=O) groups is 2. The van der Waals surface area contributed by atoms with E-state index in [0.717, 1.165) is 19.3 Å². The fourth-order valence-corrected chi connectivity index (χ4v) is 4.05. The summed E-state index contributed by atoms with van der Waals surface area (Å²) in [5.41, 5.74) is 4.47. The molecule has 1 aliphatic rings. The van der Waals surface area contributed by atoms with Gasteiger partial charge in [0.15, 0.2) is 0 Å². The van der Waals surface area contributed by atoms with Crippen molar-refractivity contribution in [2.75, 3.05) is 10.2 Å². The standard InChI is InChI=1S/C29H29FN2O2/c1-4-5-6-20-7-17-25(18-8-20)32-28(33)26(22-9-13-23(30)14-10-22)27(29(32)34)31-24-15-11-21(12-16-24)19(2)3/h7-19,31H,4-6H2,1-3H3. The summed E-state index contributed by atoms with van der Waals surface area (Å²) in [5.74, 6) is -0.884. The van der Waals surface area contributed by atoms with Crippen LogP contribution in [-0.4, -0.2) is 11.8 Å². The van der Waals surface area contributed by atoms with Gasteiger partial charge in [-0.1, -0.05) is 63.6 Å². The number of benzene rings is 3. The highest BCUT2D eigenvalue weighted by Gasteiger charge is 2.40. The van der Waals surface area contributed by atoms with E-state index in [0.29, 0.717) is 22.9 Å². The first-order valence-corrected chi connectivity index (χ1v) is 11.7. The van der Waals surface area contributed by atoms with Crippen molar-refractivity contribution >= 4 is 28.8 Å². The summed E-state index contributed by atoms with van der Waals surface area (Å²) in [6, 6.07) is 21.0. The van der Waals surface area contributed by atoms with Crippen molar-refractivity contribution in [1.82, 2.24) is 0 Å². The highest BCUT2D eigenvalue weighted by atomic mass is 19.1. The fourth-order valence-electron chi connectivity index (χ4n) is 4.05. The molecular formula is C29H29FN2O2. The molecule has 1 heterocycles. The van der Waals surface area contributed by atoms with Crippen molar-refractivity contribution in [1.29, 1.82) is 0 Å². The van der Waals surface area contributed by atoms with E-state index in [4.69, 9.17) is 0 Å². The molecule has 0 saturated heterocycles. The maximum absolute atomic E-state index is 13.6. The number of anilines is 2. The lowest BCUT2D eigenvalue weighted by Crippen LogP contribution is -2.32. The lowest BCUT2D eigenvalue weighted by Gasteiger charge is -2.16. The Morgan fingerprint density at radius 1 is 0.853 bits per heavy atom. The van der Waals surface area contributed by atoms with Gasteiger partial charge in [-0.25, -0.2) is 9.29 Å². The van der Waals surface area contributed by atoms with E-state index < -0.39 is 17.6 Å². The molecule has 2 amide bonds. The Hall–Kier alpha value is -3.73. The van der Waals surface area contributed by atoms with E-state index >= 15 is 0 Å². The molecule has 0 fully saturated rings. The Morgan fingerprint density at radius 3 is 2.09 bits per heavy atom. The number of amides is 2. The van der Waals surface area contributed by atoms with E-state index in [1.54, 1.807) is 0 Å². The van der Waals surface area contributed by atoms with Crippen LogP contribution >= 0.6 is 0 Å². The lowest BCUT2D eigenvalue weighted by atomic mass is 10.0. The molecule has 0 atom stereocenters. The average Bonchev–Trinajstić information content (AvgIpc) is 3.08. The van der Waals surface area contributed by atoms with Gasteiger partial charge in [-0.05, 0) is 71.8 Å². The molecule has 1 aliphatic heterocycles. The molecule has 0 aromatic heterocycles. The SMILES string of the molecule is CCCCc1ccc(N2C(=O)C(Nc3ccc(C(C)C)cc3)=C(c3ccc(F)cc3)C2=O)cc1. The monoisotopic (exact) mass is 456 g/mol. The Balaban J connectivity index is 1.70. The normalized spacial score (nSPS) is 13.9. The Labute approximate surface area is 200 Å². The van der Waals surface area contributed by atoms with Gasteiger partial charge in [0, 0.05) is 5.69 Å². The molecule has 0 spiro atoms. The van der Waals surface area contributed by atoms with Crippen molar-refractivity contribution in [2.45, 2.75) is 46.0 Å². The molecular weight excluding hydrogens is 427 g/mol. The van der Waals surface area contributed by atoms with Gasteiger partial charge in [0.25, 0.3) is 11.8 Å². The van der Waals surface area contributed by atoms with Gasteiger partial charge in [-0.15, -0.1) is 0 Å². The molecule has 3 aromatic rings. The van der Waals surface area contributed by atoms with E-state index in [1.165, 1.54) is 40.3 Å². The Morgan fingerprint density at radius 2 is 1.50 bits per heavy atom. The fraction of sp³-hybridized carbons (Fsp3) is 0.241. The minimum absolute atomic E-state index is 0.184. The van der Waals surface area contributed by atoms with Crippen LogP contribution in [0.3, 0.4) is 0 Å². The van der Waals surface area contributed by atoms with Crippen LogP contribution in [0.25, 0.3) is 5.57 Å². The van der Waals surface area contributed by atoms with Gasteiger partial charge in [-0.3, -0.25) is 9.59 Å². The Kier molecular flexibility index (Phi) is 6.92. The topological polar surface area (TPSA) is 49.4 Å². The highest BCUT2D eigenvalue weighted by Crippen LogP contribution is 2.34. The van der Waals surface area contributed by atoms with Gasteiger partial charge in [0.2, 0.25) is 0 Å². The molecule has 0 radical (unpaired) electrons. The van der Waals surface area contributed by atoms with Crippen molar-refractivity contribution in [3.8, 4) is 0 Å². The molecule has 4 rings (SSSR count). The molecule has 0 bridgehead atoms. The summed E-state index contributed by atoms with van der Waals surface area (Å²) in [7, 11) is 0. The van der Waals surface area contributed by atoms with E-state index in [9.17, 15) is 14.0 Å². The van der Waals surface area contributed by atoms with Crippen molar-refractivity contribution in [2.24, 2.45) is 0 Å². The number of nitrogens with zero attached hydrogens (tertiary/aromatic N) is 1. The van der Waals surface area contributed by atoms with Crippen LogP contribution in [0, 0.1) is 5.82 Å². The lowest BCUT2D eigenvalue weighted by molar-refractivity contribution is -0.120. The maximum atomic E-state index is 13.6. The van der Waals surface area contributed by atoms with Gasteiger partial charge in [0.1, 0.15) is 11.5 Å². The average molecular weight is 457 g/mol. The minimum Gasteiger partial charge on any atom is -0.350 e. The second-order valence-corrected chi connectivity index (χ2v) is 8.87. The summed E-state index contributed by atoms with van der Waals surface area (Å²) in [6.45, 7) is 6.37. The molecule has 174 valence electrons. The summed E-state index contributed by atoms with van der Waals surface area (Å²) >= 11 is 0. The third kappa shape index (κ3) is 4.79. The second kappa shape index (κ2) is 10.0. The molecule has 1 N–H and O–H groups in total. The van der Waals surface area contributed by atoms with Crippen LogP contribution in [0.1, 0.15) is 56.2 Å². The third-order valence-electron chi connectivity index (χ3n) is 6.08. The second-order valence-electron chi connectivity index (χ2n) is 8.87. The Bertz CT molecular complexity index is 1210. The van der Waals surface area contributed by atoms with Gasteiger partial charge in [-0.2, -0.15) is 0 Å². The first-order valence-electron chi connectivity index (χ1n) is 11.7. The number of halogens is 1. The smallest absolute Gasteiger partial charge is 0.282 e. The highest BCUT2D eigenvalue weighted by molar-refractivity contribution is 6.46. The molecule has 0 saturated carbocycles. The van der Waals surface area contributed by atoms with Crippen LogP contribution in [0.4, 0.5) is 15.8 Å². The number of unbranched alkanes of at least 4 members (excludes halogenated alkanes) is 1. The zero-order valence-electron chi connectivity index (χ0n) is 19.8. The zero-order valence-corrected chi connectivity index (χ0v) is 19.8. The molecule has 34 heavy (non-hydrogen) atoms. The van der Waals surface area contributed by atoms with E-state index in [-0.39, 0.29) is 11.3 Å². The summed E-state index contributed by atoms with van der Waals surface area (Å²) in [5, 5.41) is 3.16. The predicted octanol–water partition coefficient (Wildman–Crippen LogP) is 6.69. The van der Waals surface area contributed by atoms with E-state index in [1.807, 2.05) is 48.5 Å². The molecule has 0 unspecified atom stereocenters. The number of imide groups is 1. The number of hydrogen-bond donors (Lipinski definition) is 1. The van der Waals surface area contributed by atoms with Crippen LogP contribution in [0.15, 0.2) is 78.5 Å². The quantitative estimate of drug-likeness (QED) is 0.384. The van der Waals surface area contributed by atoms with Crippen molar-refractivity contribution in [3.05, 3.63) is 101 Å². The number of carbonyl (C=O) groups excluding carboxylic acids is 2. The number of rotatable bonds is 8. The van der Waals surface area contributed by atoms with Crippen LogP contribution in [0.5, 0.6) is 0 Å². The summed E-state index contributed by atoms with van der Waals surface area (Å²) in [4.78, 5) is 28.2. The first kappa shape index (κ1) is 23.4. The molecule has 5 heteroatoms. The third-order valence-corrected chi connectivity index (χ3v) is 6.08.